The molecule has 0 radical (unpaired) electrons. The maximum absolute atomic E-state index is 12.2. The van der Waals surface area contributed by atoms with E-state index in [0.717, 1.165) is 10.0 Å². The zero-order valence-electron chi connectivity index (χ0n) is 12.4. The van der Waals surface area contributed by atoms with E-state index in [1.54, 1.807) is 7.11 Å². The molecular weight excluding hydrogens is 541 g/mol. The molecule has 1 rings (SSSR count). The molecule has 2 N–H and O–H groups in total. The number of hydrogen-bond acceptors (Lipinski definition) is 3. The first-order valence-corrected chi connectivity index (χ1v) is 7.24. The van der Waals surface area contributed by atoms with Crippen molar-refractivity contribution in [3.8, 4) is 5.75 Å². The molecule has 1 aromatic rings. The minimum absolute atomic E-state index is 0. The zero-order valence-corrected chi connectivity index (χ0v) is 17.5. The molecule has 0 aliphatic carbocycles. The molecule has 0 fully saturated rings. The third-order valence-corrected chi connectivity index (χ3v) is 3.53. The molecule has 23 heavy (non-hydrogen) atoms. The number of hydrogen-bond donors (Lipinski definition) is 2. The van der Waals surface area contributed by atoms with Gasteiger partial charge >= 0.3 is 0 Å². The van der Waals surface area contributed by atoms with Crippen molar-refractivity contribution < 1.29 is 49.0 Å². The molecule has 9 heteroatoms. The summed E-state index contributed by atoms with van der Waals surface area (Å²) in [6.07, 6.45) is -1.97. The Kier molecular flexibility index (Phi) is 11.2. The minimum Gasteiger partial charge on any atom is -0.496 e. The van der Waals surface area contributed by atoms with Crippen LogP contribution in [0.2, 0.25) is 0 Å². The summed E-state index contributed by atoms with van der Waals surface area (Å²) in [5.74, 6) is 0.0161. The number of nitrogens with one attached hydrogen (secondary N) is 2. The normalized spacial score (nSPS) is 11.3. The largest absolute Gasteiger partial charge is 0.496 e. The Hall–Kier alpha value is -0.830. The fraction of sp³-hybridized carbons (Fsp3) is 0.357. The number of amides is 2. The van der Waals surface area contributed by atoms with E-state index in [1.807, 2.05) is 18.2 Å². The number of benzene rings is 1. The number of carbonyl (C=O) groups excluding carboxylic acids is 2. The third kappa shape index (κ3) is 8.01. The zero-order chi connectivity index (χ0) is 16.5. The maximum Gasteiger partial charge on any atom is 0.240 e. The van der Waals surface area contributed by atoms with E-state index in [-0.39, 0.29) is 38.8 Å². The SMILES string of the molecule is COc1cc(CCNC(=O)[C@H](C[C-](F)F)NC=O)ccc1Br.[Hf]. The summed E-state index contributed by atoms with van der Waals surface area (Å²) in [7, 11) is 1.54. The van der Waals surface area contributed by atoms with E-state index >= 15 is 0 Å². The summed E-state index contributed by atoms with van der Waals surface area (Å²) < 4.78 is 30.4. The van der Waals surface area contributed by atoms with Gasteiger partial charge in [-0.3, -0.25) is 9.59 Å². The average molecular weight is 557 g/mol. The molecule has 0 aliphatic rings. The summed E-state index contributed by atoms with van der Waals surface area (Å²) in [6, 6.07) is 4.23. The van der Waals surface area contributed by atoms with Gasteiger partial charge in [-0.25, -0.2) is 0 Å². The van der Waals surface area contributed by atoms with Gasteiger partial charge in [0.25, 0.3) is 0 Å². The van der Waals surface area contributed by atoms with Gasteiger partial charge in [0.15, 0.2) is 0 Å². The fourth-order valence-corrected chi connectivity index (χ4v) is 2.19. The van der Waals surface area contributed by atoms with Gasteiger partial charge in [-0.05, 0) is 40.0 Å². The molecule has 0 heterocycles. The van der Waals surface area contributed by atoms with E-state index in [4.69, 9.17) is 4.74 Å². The van der Waals surface area contributed by atoms with Crippen molar-refractivity contribution in [3.63, 3.8) is 0 Å². The van der Waals surface area contributed by atoms with Gasteiger partial charge in [-0.1, -0.05) is 12.5 Å². The van der Waals surface area contributed by atoms with E-state index in [0.29, 0.717) is 12.2 Å². The predicted octanol–water partition coefficient (Wildman–Crippen LogP) is 2.05. The van der Waals surface area contributed by atoms with Crippen LogP contribution in [-0.2, 0) is 41.9 Å². The number of ether oxygens (including phenoxy) is 1. The molecule has 1 atom stereocenters. The van der Waals surface area contributed by atoms with Crippen LogP contribution in [0, 0.1) is 6.43 Å². The smallest absolute Gasteiger partial charge is 0.240 e. The number of halogens is 3. The van der Waals surface area contributed by atoms with Gasteiger partial charge in [-0.15, -0.1) is 0 Å². The molecule has 2 amide bonds. The quantitative estimate of drug-likeness (QED) is 0.278. The Labute approximate surface area is 160 Å². The van der Waals surface area contributed by atoms with Crippen LogP contribution in [0.3, 0.4) is 0 Å². The second-order valence-electron chi connectivity index (χ2n) is 4.39. The Morgan fingerprint density at radius 1 is 1.48 bits per heavy atom. The first kappa shape index (κ1) is 22.2. The Morgan fingerprint density at radius 2 is 2.17 bits per heavy atom. The van der Waals surface area contributed by atoms with E-state index in [1.165, 1.54) is 0 Å². The second-order valence-corrected chi connectivity index (χ2v) is 5.24. The minimum atomic E-state index is -1.91. The third-order valence-electron chi connectivity index (χ3n) is 2.87. The van der Waals surface area contributed by atoms with Crippen molar-refractivity contribution in [2.45, 2.75) is 18.9 Å². The van der Waals surface area contributed by atoms with Crippen LogP contribution >= 0.6 is 15.9 Å². The van der Waals surface area contributed by atoms with Crippen LogP contribution in [0.1, 0.15) is 12.0 Å². The van der Waals surface area contributed by atoms with Gasteiger partial charge in [0.2, 0.25) is 12.3 Å². The average Bonchev–Trinajstić information content (AvgIpc) is 2.48. The van der Waals surface area contributed by atoms with Crippen LogP contribution in [0.15, 0.2) is 22.7 Å². The van der Waals surface area contributed by atoms with Crippen LogP contribution in [-0.4, -0.2) is 32.0 Å². The second kappa shape index (κ2) is 11.7. The molecular formula is C14H16BrF2HfN2O3-. The summed E-state index contributed by atoms with van der Waals surface area (Å²) in [5.41, 5.74) is 0.920. The fourth-order valence-electron chi connectivity index (χ4n) is 1.78. The van der Waals surface area contributed by atoms with Crippen molar-refractivity contribution in [2.75, 3.05) is 13.7 Å². The van der Waals surface area contributed by atoms with Crippen molar-refractivity contribution in [1.82, 2.24) is 10.6 Å². The van der Waals surface area contributed by atoms with Gasteiger partial charge in [0.1, 0.15) is 5.75 Å². The Bertz CT molecular complexity index is 521. The summed E-state index contributed by atoms with van der Waals surface area (Å²) in [4.78, 5) is 22.1. The molecule has 0 spiro atoms. The first-order valence-electron chi connectivity index (χ1n) is 6.44. The van der Waals surface area contributed by atoms with Crippen LogP contribution in [0.4, 0.5) is 8.78 Å². The molecule has 126 valence electrons. The van der Waals surface area contributed by atoms with Gasteiger partial charge in [0, 0.05) is 38.8 Å². The van der Waals surface area contributed by atoms with Crippen LogP contribution in [0.25, 0.3) is 0 Å². The topological polar surface area (TPSA) is 67.4 Å². The molecule has 1 aromatic carbocycles. The summed E-state index contributed by atoms with van der Waals surface area (Å²) in [5, 5.41) is 4.58. The van der Waals surface area contributed by atoms with Crippen LogP contribution in [0.5, 0.6) is 5.75 Å². The maximum atomic E-state index is 12.2. The van der Waals surface area contributed by atoms with Gasteiger partial charge < -0.3 is 24.2 Å². The standard InChI is InChI=1S/C14H16BrF2N2O3.Hf/c1-22-12-6-9(2-3-10(12)15)4-5-18-14(21)11(19-8-20)7-13(16)17;/h2-3,6,8,11H,4-5,7H2,1H3,(H,18,21)(H,19,20);/q-1;/t11-;/m0./s1. The Balaban J connectivity index is 0.00000484. The van der Waals surface area contributed by atoms with E-state index < -0.39 is 24.8 Å². The predicted molar refractivity (Wildman–Crippen MR) is 80.5 cm³/mol. The summed E-state index contributed by atoms with van der Waals surface area (Å²) >= 11 is 3.33. The first-order chi connectivity index (χ1) is 10.5. The molecule has 5 nitrogen and oxygen atoms in total. The summed E-state index contributed by atoms with van der Waals surface area (Å²) in [6.45, 7) is 0.258. The molecule has 0 bridgehead atoms. The van der Waals surface area contributed by atoms with Crippen LogP contribution < -0.4 is 15.4 Å². The molecule has 0 unspecified atom stereocenters. The number of rotatable bonds is 9. The van der Waals surface area contributed by atoms with Crippen molar-refractivity contribution >= 4 is 28.2 Å². The molecule has 0 aromatic heterocycles. The molecule has 0 saturated heterocycles. The van der Waals surface area contributed by atoms with Gasteiger partial charge in [-0.2, -0.15) is 0 Å². The van der Waals surface area contributed by atoms with Crippen molar-refractivity contribution in [3.05, 3.63) is 34.7 Å². The number of methoxy groups -OCH3 is 1. The van der Waals surface area contributed by atoms with Gasteiger partial charge in [0.05, 0.1) is 17.6 Å². The number of carbonyl (C=O) groups is 2. The Morgan fingerprint density at radius 3 is 2.74 bits per heavy atom. The molecule has 0 aliphatic heterocycles. The molecule has 0 saturated carbocycles. The van der Waals surface area contributed by atoms with Crippen molar-refractivity contribution in [2.24, 2.45) is 0 Å². The van der Waals surface area contributed by atoms with E-state index in [9.17, 15) is 18.4 Å². The van der Waals surface area contributed by atoms with E-state index in [2.05, 4.69) is 26.6 Å². The van der Waals surface area contributed by atoms with Crippen molar-refractivity contribution in [1.29, 1.82) is 0 Å². The monoisotopic (exact) mass is 557 g/mol.